The normalized spacial score (nSPS) is 10.9. The summed E-state index contributed by atoms with van der Waals surface area (Å²) < 4.78 is 7.85. The first-order chi connectivity index (χ1) is 8.13. The number of halogens is 1. The van der Waals surface area contributed by atoms with Crippen LogP contribution in [0.4, 0.5) is 0 Å². The molecule has 90 valence electrons. The highest BCUT2D eigenvalue weighted by Gasteiger charge is 2.14. The smallest absolute Gasteiger partial charge is 0.159 e. The maximum absolute atomic E-state index is 5.21. The lowest BCUT2D eigenvalue weighted by Crippen LogP contribution is -2.05. The SMILES string of the molecule is COc1ccc(Br)c(-n2nnnc2C(C)C)c1. The molecule has 0 saturated heterocycles. The van der Waals surface area contributed by atoms with E-state index < -0.39 is 0 Å². The summed E-state index contributed by atoms with van der Waals surface area (Å²) in [7, 11) is 1.63. The number of aromatic nitrogens is 4. The van der Waals surface area contributed by atoms with E-state index in [2.05, 4.69) is 45.3 Å². The van der Waals surface area contributed by atoms with E-state index in [0.29, 0.717) is 0 Å². The molecular weight excluding hydrogens is 284 g/mol. The van der Waals surface area contributed by atoms with Gasteiger partial charge < -0.3 is 4.74 Å². The molecule has 5 nitrogen and oxygen atoms in total. The number of ether oxygens (including phenoxy) is 1. The van der Waals surface area contributed by atoms with Crippen LogP contribution in [0.1, 0.15) is 25.6 Å². The molecule has 0 aliphatic rings. The van der Waals surface area contributed by atoms with Crippen LogP contribution in [0.2, 0.25) is 0 Å². The Labute approximate surface area is 108 Å². The number of methoxy groups -OCH3 is 1. The molecule has 0 spiro atoms. The molecule has 2 rings (SSSR count). The van der Waals surface area contributed by atoms with Gasteiger partial charge in [0.25, 0.3) is 0 Å². The second-order valence-corrected chi connectivity index (χ2v) is 4.78. The lowest BCUT2D eigenvalue weighted by atomic mass is 10.2. The zero-order chi connectivity index (χ0) is 12.4. The number of hydrogen-bond donors (Lipinski definition) is 0. The van der Waals surface area contributed by atoms with Crippen molar-refractivity contribution < 1.29 is 4.74 Å². The average molecular weight is 297 g/mol. The molecule has 0 aliphatic heterocycles. The predicted octanol–water partition coefficient (Wildman–Crippen LogP) is 2.56. The molecule has 0 saturated carbocycles. The number of rotatable bonds is 3. The minimum atomic E-state index is 0.253. The highest BCUT2D eigenvalue weighted by Crippen LogP contribution is 2.27. The highest BCUT2D eigenvalue weighted by atomic mass is 79.9. The van der Waals surface area contributed by atoms with E-state index >= 15 is 0 Å². The minimum Gasteiger partial charge on any atom is -0.497 e. The van der Waals surface area contributed by atoms with Crippen molar-refractivity contribution in [2.75, 3.05) is 7.11 Å². The Morgan fingerprint density at radius 2 is 2.12 bits per heavy atom. The van der Waals surface area contributed by atoms with Crippen LogP contribution < -0.4 is 4.74 Å². The van der Waals surface area contributed by atoms with Crippen LogP contribution in [-0.4, -0.2) is 27.3 Å². The van der Waals surface area contributed by atoms with Crippen molar-refractivity contribution in [2.24, 2.45) is 0 Å². The van der Waals surface area contributed by atoms with Crippen LogP contribution >= 0.6 is 15.9 Å². The molecule has 0 aliphatic carbocycles. The molecule has 0 fully saturated rings. The molecular formula is C11H13BrN4O. The Balaban J connectivity index is 2.55. The molecule has 0 radical (unpaired) electrons. The summed E-state index contributed by atoms with van der Waals surface area (Å²) in [5.74, 6) is 1.84. The topological polar surface area (TPSA) is 52.8 Å². The summed E-state index contributed by atoms with van der Waals surface area (Å²) in [5.41, 5.74) is 0.873. The Morgan fingerprint density at radius 1 is 1.35 bits per heavy atom. The van der Waals surface area contributed by atoms with Crippen molar-refractivity contribution in [1.82, 2.24) is 20.2 Å². The van der Waals surface area contributed by atoms with E-state index in [-0.39, 0.29) is 5.92 Å². The van der Waals surface area contributed by atoms with Gasteiger partial charge in [-0.2, -0.15) is 4.68 Å². The van der Waals surface area contributed by atoms with Crippen molar-refractivity contribution in [3.8, 4) is 11.4 Å². The number of hydrogen-bond acceptors (Lipinski definition) is 4. The summed E-state index contributed by atoms with van der Waals surface area (Å²) >= 11 is 3.49. The maximum atomic E-state index is 5.21. The largest absolute Gasteiger partial charge is 0.497 e. The molecule has 1 aromatic carbocycles. The van der Waals surface area contributed by atoms with Gasteiger partial charge in [-0.3, -0.25) is 0 Å². The molecule has 0 amide bonds. The van der Waals surface area contributed by atoms with Crippen molar-refractivity contribution in [3.63, 3.8) is 0 Å². The summed E-state index contributed by atoms with van der Waals surface area (Å²) in [6.45, 7) is 4.10. The standard InChI is InChI=1S/C11H13BrN4O/c1-7(2)11-13-14-15-16(11)10-6-8(17-3)4-5-9(10)12/h4-7H,1-3H3. The zero-order valence-corrected chi connectivity index (χ0v) is 11.5. The highest BCUT2D eigenvalue weighted by molar-refractivity contribution is 9.10. The van der Waals surface area contributed by atoms with Gasteiger partial charge in [0.2, 0.25) is 0 Å². The van der Waals surface area contributed by atoms with Crippen LogP contribution in [0, 0.1) is 0 Å². The quantitative estimate of drug-likeness (QED) is 0.873. The van der Waals surface area contributed by atoms with Crippen LogP contribution in [0.25, 0.3) is 5.69 Å². The first kappa shape index (κ1) is 12.0. The van der Waals surface area contributed by atoms with Gasteiger partial charge in [0.05, 0.1) is 12.8 Å². The summed E-state index contributed by atoms with van der Waals surface area (Å²) in [5, 5.41) is 11.8. The van der Waals surface area contributed by atoms with Crippen LogP contribution in [0.3, 0.4) is 0 Å². The molecule has 1 aromatic heterocycles. The van der Waals surface area contributed by atoms with Crippen molar-refractivity contribution in [3.05, 3.63) is 28.5 Å². The third-order valence-corrected chi connectivity index (χ3v) is 3.06. The Morgan fingerprint density at radius 3 is 2.76 bits per heavy atom. The van der Waals surface area contributed by atoms with E-state index in [1.165, 1.54) is 0 Å². The number of benzene rings is 1. The minimum absolute atomic E-state index is 0.253. The van der Waals surface area contributed by atoms with Crippen molar-refractivity contribution in [2.45, 2.75) is 19.8 Å². The third-order valence-electron chi connectivity index (χ3n) is 2.39. The Hall–Kier alpha value is -1.43. The average Bonchev–Trinajstić information content (AvgIpc) is 2.78. The fourth-order valence-electron chi connectivity index (χ4n) is 1.51. The fourth-order valence-corrected chi connectivity index (χ4v) is 1.92. The van der Waals surface area contributed by atoms with Gasteiger partial charge in [0, 0.05) is 16.5 Å². The van der Waals surface area contributed by atoms with Crippen LogP contribution in [-0.2, 0) is 0 Å². The van der Waals surface area contributed by atoms with E-state index in [1.54, 1.807) is 11.8 Å². The van der Waals surface area contributed by atoms with Gasteiger partial charge in [0.15, 0.2) is 5.82 Å². The van der Waals surface area contributed by atoms with Gasteiger partial charge >= 0.3 is 0 Å². The molecule has 2 aromatic rings. The summed E-state index contributed by atoms with van der Waals surface area (Å²) in [4.78, 5) is 0. The van der Waals surface area contributed by atoms with Crippen LogP contribution in [0.15, 0.2) is 22.7 Å². The molecule has 0 unspecified atom stereocenters. The lowest BCUT2D eigenvalue weighted by Gasteiger charge is -2.10. The van der Waals surface area contributed by atoms with E-state index in [0.717, 1.165) is 21.7 Å². The van der Waals surface area contributed by atoms with E-state index in [1.807, 2.05) is 18.2 Å². The van der Waals surface area contributed by atoms with Gasteiger partial charge in [-0.05, 0) is 38.5 Å². The Kier molecular flexibility index (Phi) is 3.42. The van der Waals surface area contributed by atoms with Gasteiger partial charge in [-0.1, -0.05) is 13.8 Å². The second kappa shape index (κ2) is 4.83. The molecule has 17 heavy (non-hydrogen) atoms. The summed E-state index contributed by atoms with van der Waals surface area (Å²) in [6.07, 6.45) is 0. The van der Waals surface area contributed by atoms with E-state index in [4.69, 9.17) is 4.74 Å². The number of nitrogens with zero attached hydrogens (tertiary/aromatic N) is 4. The maximum Gasteiger partial charge on any atom is 0.159 e. The zero-order valence-electron chi connectivity index (χ0n) is 9.88. The molecule has 0 N–H and O–H groups in total. The summed E-state index contributed by atoms with van der Waals surface area (Å²) in [6, 6.07) is 5.69. The first-order valence-electron chi connectivity index (χ1n) is 5.25. The Bertz CT molecular complexity index is 524. The fraction of sp³-hybridized carbons (Fsp3) is 0.364. The first-order valence-corrected chi connectivity index (χ1v) is 6.05. The van der Waals surface area contributed by atoms with Gasteiger partial charge in [0.1, 0.15) is 5.75 Å². The molecule has 1 heterocycles. The molecule has 0 bridgehead atoms. The van der Waals surface area contributed by atoms with E-state index in [9.17, 15) is 0 Å². The predicted molar refractivity (Wildman–Crippen MR) is 67.5 cm³/mol. The van der Waals surface area contributed by atoms with Gasteiger partial charge in [-0.25, -0.2) is 0 Å². The van der Waals surface area contributed by atoms with Crippen LogP contribution in [0.5, 0.6) is 5.75 Å². The second-order valence-electron chi connectivity index (χ2n) is 3.92. The van der Waals surface area contributed by atoms with Crippen molar-refractivity contribution >= 4 is 15.9 Å². The third kappa shape index (κ3) is 2.31. The van der Waals surface area contributed by atoms with Crippen molar-refractivity contribution in [1.29, 1.82) is 0 Å². The monoisotopic (exact) mass is 296 g/mol. The number of tetrazole rings is 1. The molecule has 6 heteroatoms. The lowest BCUT2D eigenvalue weighted by molar-refractivity contribution is 0.414. The molecule has 0 atom stereocenters. The van der Waals surface area contributed by atoms with Gasteiger partial charge in [-0.15, -0.1) is 5.10 Å².